The van der Waals surface area contributed by atoms with E-state index in [-0.39, 0.29) is 16.8 Å². The molecule has 2 fully saturated rings. The molecule has 7 nitrogen and oxygen atoms in total. The number of rotatable bonds is 4. The van der Waals surface area contributed by atoms with Crippen LogP contribution >= 0.6 is 0 Å². The molecule has 2 bridgehead atoms. The Morgan fingerprint density at radius 1 is 1.35 bits per heavy atom. The number of hydrogen-bond donors (Lipinski definition) is 2. The van der Waals surface area contributed by atoms with Crippen LogP contribution in [0.15, 0.2) is 17.2 Å². The van der Waals surface area contributed by atoms with Gasteiger partial charge in [-0.1, -0.05) is 0 Å². The Balaban J connectivity index is 1.85. The van der Waals surface area contributed by atoms with Crippen molar-refractivity contribution in [2.75, 3.05) is 14.1 Å². The number of carbonyl (C=O) groups excluding carboxylic acids is 1. The Bertz CT molecular complexity index is 700. The molecule has 2 aliphatic rings. The van der Waals surface area contributed by atoms with Crippen molar-refractivity contribution >= 4 is 15.9 Å². The first kappa shape index (κ1) is 16.5. The summed E-state index contributed by atoms with van der Waals surface area (Å²) in [6.07, 6.45) is 5.46. The highest BCUT2D eigenvalue weighted by atomic mass is 32.2. The molecule has 3 rings (SSSR count). The highest BCUT2D eigenvalue weighted by molar-refractivity contribution is 7.89. The van der Waals surface area contributed by atoms with Gasteiger partial charge in [-0.3, -0.25) is 4.79 Å². The zero-order valence-corrected chi connectivity index (χ0v) is 14.6. The fourth-order valence-electron chi connectivity index (χ4n) is 3.72. The molecule has 2 aliphatic heterocycles. The zero-order chi connectivity index (χ0) is 16.8. The summed E-state index contributed by atoms with van der Waals surface area (Å²) in [6, 6.07) is 2.31. The van der Waals surface area contributed by atoms with E-state index in [1.807, 2.05) is 0 Å². The number of sulfonamides is 1. The number of aromatic nitrogens is 1. The van der Waals surface area contributed by atoms with Gasteiger partial charge in [-0.15, -0.1) is 0 Å². The van der Waals surface area contributed by atoms with Crippen LogP contribution in [-0.2, 0) is 17.1 Å². The van der Waals surface area contributed by atoms with Crippen LogP contribution in [0.3, 0.4) is 0 Å². The first-order chi connectivity index (χ1) is 10.8. The van der Waals surface area contributed by atoms with E-state index in [1.54, 1.807) is 18.7 Å². The van der Waals surface area contributed by atoms with E-state index < -0.39 is 10.0 Å². The molecule has 0 aromatic carbocycles. The van der Waals surface area contributed by atoms with Crippen LogP contribution in [0.4, 0.5) is 0 Å². The molecule has 8 heteroatoms. The maximum Gasteiger partial charge on any atom is 0.267 e. The van der Waals surface area contributed by atoms with Crippen molar-refractivity contribution in [3.63, 3.8) is 0 Å². The lowest BCUT2D eigenvalue weighted by Crippen LogP contribution is -2.48. The highest BCUT2D eigenvalue weighted by Gasteiger charge is 2.39. The van der Waals surface area contributed by atoms with Crippen LogP contribution in [0.25, 0.3) is 0 Å². The topological polar surface area (TPSA) is 83.4 Å². The lowest BCUT2D eigenvalue weighted by atomic mass is 10.0. The minimum absolute atomic E-state index is 0.0161. The number of nitrogens with zero attached hydrogens (tertiary/aromatic N) is 2. The third-order valence-corrected chi connectivity index (χ3v) is 6.95. The molecular formula is C15H24N4O3S. The van der Waals surface area contributed by atoms with E-state index in [0.29, 0.717) is 17.8 Å². The van der Waals surface area contributed by atoms with Gasteiger partial charge in [0.2, 0.25) is 10.0 Å². The van der Waals surface area contributed by atoms with E-state index >= 15 is 0 Å². The molecule has 0 spiro atoms. The maximum atomic E-state index is 12.9. The Labute approximate surface area is 137 Å². The predicted octanol–water partition coefficient (Wildman–Crippen LogP) is 0.288. The number of fused-ring (bicyclic) bond motifs is 2. The van der Waals surface area contributed by atoms with Crippen molar-refractivity contribution in [2.24, 2.45) is 7.05 Å². The predicted molar refractivity (Wildman–Crippen MR) is 86.7 cm³/mol. The molecule has 0 radical (unpaired) electrons. The van der Waals surface area contributed by atoms with Crippen molar-refractivity contribution in [3.05, 3.63) is 18.0 Å². The number of aryl methyl sites for hydroxylation is 1. The Morgan fingerprint density at radius 3 is 2.52 bits per heavy atom. The van der Waals surface area contributed by atoms with Gasteiger partial charge in [-0.25, -0.2) is 8.42 Å². The van der Waals surface area contributed by atoms with Crippen LogP contribution in [0, 0.1) is 0 Å². The van der Waals surface area contributed by atoms with Crippen molar-refractivity contribution in [2.45, 2.75) is 48.7 Å². The average Bonchev–Trinajstić information content (AvgIpc) is 3.08. The number of carbonyl (C=O) groups is 1. The summed E-state index contributed by atoms with van der Waals surface area (Å²) in [6.45, 7) is 0. The molecule has 2 unspecified atom stereocenters. The van der Waals surface area contributed by atoms with E-state index in [4.69, 9.17) is 0 Å². The highest BCUT2D eigenvalue weighted by Crippen LogP contribution is 2.31. The molecule has 0 saturated carbocycles. The molecule has 2 saturated heterocycles. The molecule has 23 heavy (non-hydrogen) atoms. The van der Waals surface area contributed by atoms with Crippen LogP contribution in [-0.4, -0.2) is 55.4 Å². The molecule has 128 valence electrons. The van der Waals surface area contributed by atoms with Gasteiger partial charge in [0.25, 0.3) is 5.91 Å². The molecule has 0 aliphatic carbocycles. The van der Waals surface area contributed by atoms with E-state index in [0.717, 1.165) is 25.7 Å². The lowest BCUT2D eigenvalue weighted by molar-refractivity contribution is 0.0955. The number of amides is 1. The second-order valence-electron chi connectivity index (χ2n) is 6.54. The molecule has 3 heterocycles. The summed E-state index contributed by atoms with van der Waals surface area (Å²) < 4.78 is 28.8. The summed E-state index contributed by atoms with van der Waals surface area (Å²) >= 11 is 0. The molecule has 2 N–H and O–H groups in total. The lowest BCUT2D eigenvalue weighted by Gasteiger charge is -2.34. The largest absolute Gasteiger partial charge is 0.354 e. The van der Waals surface area contributed by atoms with Crippen molar-refractivity contribution in [1.82, 2.24) is 19.5 Å². The summed E-state index contributed by atoms with van der Waals surface area (Å²) in [5.74, 6) is -0.295. The Hall–Kier alpha value is -1.38. The second kappa shape index (κ2) is 5.92. The fourth-order valence-corrected chi connectivity index (χ4v) is 5.16. The first-order valence-electron chi connectivity index (χ1n) is 7.95. The molecular weight excluding hydrogens is 316 g/mol. The quantitative estimate of drug-likeness (QED) is 0.825. The molecule has 1 aromatic rings. The number of hydrogen-bond acceptors (Lipinski definition) is 4. The maximum absolute atomic E-state index is 12.9. The van der Waals surface area contributed by atoms with Crippen molar-refractivity contribution < 1.29 is 13.2 Å². The molecule has 2 atom stereocenters. The van der Waals surface area contributed by atoms with E-state index in [9.17, 15) is 13.2 Å². The van der Waals surface area contributed by atoms with Crippen LogP contribution < -0.4 is 10.6 Å². The normalized spacial score (nSPS) is 27.4. The van der Waals surface area contributed by atoms with Gasteiger partial charge >= 0.3 is 0 Å². The summed E-state index contributed by atoms with van der Waals surface area (Å²) in [5, 5.41) is 6.05. The van der Waals surface area contributed by atoms with Gasteiger partial charge in [-0.2, -0.15) is 4.31 Å². The van der Waals surface area contributed by atoms with Gasteiger partial charge < -0.3 is 15.2 Å². The van der Waals surface area contributed by atoms with Crippen molar-refractivity contribution in [3.8, 4) is 0 Å². The number of piperidine rings is 1. The fraction of sp³-hybridized carbons (Fsp3) is 0.667. The second-order valence-corrected chi connectivity index (χ2v) is 8.53. The van der Waals surface area contributed by atoms with Gasteiger partial charge in [0.15, 0.2) is 0 Å². The SMILES string of the molecule is CNC(=O)c1cc(S(=O)(=O)N(C)C2CC3CCC(C2)N3)cn1C. The first-order valence-corrected chi connectivity index (χ1v) is 9.39. The molecule has 1 aromatic heterocycles. The van der Waals surface area contributed by atoms with Crippen LogP contribution in [0.2, 0.25) is 0 Å². The summed E-state index contributed by atoms with van der Waals surface area (Å²) in [4.78, 5) is 12.0. The van der Waals surface area contributed by atoms with E-state index in [1.165, 1.54) is 23.6 Å². The Morgan fingerprint density at radius 2 is 1.96 bits per heavy atom. The van der Waals surface area contributed by atoms with E-state index in [2.05, 4.69) is 10.6 Å². The van der Waals surface area contributed by atoms with Gasteiger partial charge in [-0.05, 0) is 31.7 Å². The smallest absolute Gasteiger partial charge is 0.267 e. The molecule has 1 amide bonds. The minimum atomic E-state index is -3.60. The van der Waals surface area contributed by atoms with Crippen molar-refractivity contribution in [1.29, 1.82) is 0 Å². The van der Waals surface area contributed by atoms with Crippen LogP contribution in [0.5, 0.6) is 0 Å². The minimum Gasteiger partial charge on any atom is -0.354 e. The summed E-state index contributed by atoms with van der Waals surface area (Å²) in [5.41, 5.74) is 0.338. The third kappa shape index (κ3) is 2.90. The van der Waals surface area contributed by atoms with Gasteiger partial charge in [0.1, 0.15) is 10.6 Å². The van der Waals surface area contributed by atoms with Gasteiger partial charge in [0, 0.05) is 45.5 Å². The standard InChI is InChI=1S/C15H24N4O3S/c1-16-15(20)14-8-13(9-18(14)2)23(21,22)19(3)12-6-10-4-5-11(7-12)17-10/h8-12,17H,4-7H2,1-3H3,(H,16,20). The zero-order valence-electron chi connectivity index (χ0n) is 13.7. The van der Waals surface area contributed by atoms with Gasteiger partial charge in [0.05, 0.1) is 0 Å². The Kier molecular flexibility index (Phi) is 4.24. The monoisotopic (exact) mass is 340 g/mol. The summed E-state index contributed by atoms with van der Waals surface area (Å²) in [7, 11) is 1.26. The van der Waals surface area contributed by atoms with Crippen LogP contribution in [0.1, 0.15) is 36.2 Å². The average molecular weight is 340 g/mol. The third-order valence-electron chi connectivity index (χ3n) is 5.08. The number of nitrogens with one attached hydrogen (secondary N) is 2.